The molecular formula is C22H16N4OS2. The quantitative estimate of drug-likeness (QED) is 0.321. The maximum atomic E-state index is 5.65. The molecule has 0 aliphatic heterocycles. The lowest BCUT2D eigenvalue weighted by atomic mass is 10.2. The standard InChI is InChI=1S/C22H16N4OS2/c1-3-8-16(9-4-1)21-23-17(14-27-21)15-29-22-25-24-20(19-12-7-13-28-19)26(22)18-10-5-2-6-11-18/h1-14H,15H2. The van der Waals surface area contributed by atoms with Gasteiger partial charge in [-0.15, -0.1) is 21.5 Å². The second kappa shape index (κ2) is 8.06. The molecule has 0 N–H and O–H groups in total. The lowest BCUT2D eigenvalue weighted by Crippen LogP contribution is -1.98. The fraction of sp³-hybridized carbons (Fsp3) is 0.0455. The van der Waals surface area contributed by atoms with E-state index >= 15 is 0 Å². The van der Waals surface area contributed by atoms with Crippen molar-refractivity contribution in [3.8, 4) is 27.8 Å². The predicted octanol–water partition coefficient (Wildman–Crippen LogP) is 5.94. The molecule has 5 rings (SSSR count). The van der Waals surface area contributed by atoms with Crippen LogP contribution in [-0.4, -0.2) is 19.7 Å². The van der Waals surface area contributed by atoms with Crippen LogP contribution in [0.3, 0.4) is 0 Å². The Morgan fingerprint density at radius 1 is 0.897 bits per heavy atom. The van der Waals surface area contributed by atoms with Crippen LogP contribution >= 0.6 is 23.1 Å². The summed E-state index contributed by atoms with van der Waals surface area (Å²) in [7, 11) is 0. The first-order valence-corrected chi connectivity index (χ1v) is 10.9. The Kier molecular flexibility index (Phi) is 4.98. The van der Waals surface area contributed by atoms with Gasteiger partial charge in [0, 0.05) is 17.0 Å². The number of thiophene rings is 1. The van der Waals surface area contributed by atoms with E-state index in [-0.39, 0.29) is 0 Å². The third kappa shape index (κ3) is 3.74. The Hall–Kier alpha value is -3.16. The Labute approximate surface area is 176 Å². The summed E-state index contributed by atoms with van der Waals surface area (Å²) < 4.78 is 7.74. The van der Waals surface area contributed by atoms with Gasteiger partial charge in [0.15, 0.2) is 11.0 Å². The first kappa shape index (κ1) is 17.9. The van der Waals surface area contributed by atoms with Crippen LogP contribution in [0.4, 0.5) is 0 Å². The summed E-state index contributed by atoms with van der Waals surface area (Å²) in [5.74, 6) is 2.12. The number of benzene rings is 2. The molecule has 0 bridgehead atoms. The average Bonchev–Trinajstić information content (AvgIpc) is 3.54. The molecule has 0 aliphatic carbocycles. The van der Waals surface area contributed by atoms with E-state index in [0.717, 1.165) is 32.8 Å². The maximum Gasteiger partial charge on any atom is 0.226 e. The Morgan fingerprint density at radius 3 is 2.45 bits per heavy atom. The van der Waals surface area contributed by atoms with Crippen LogP contribution in [0.25, 0.3) is 27.8 Å². The second-order valence-electron chi connectivity index (χ2n) is 6.25. The average molecular weight is 417 g/mol. The minimum Gasteiger partial charge on any atom is -0.444 e. The molecule has 0 saturated heterocycles. The van der Waals surface area contributed by atoms with Crippen LogP contribution in [0, 0.1) is 0 Å². The van der Waals surface area contributed by atoms with Crippen molar-refractivity contribution in [1.29, 1.82) is 0 Å². The number of hydrogen-bond acceptors (Lipinski definition) is 6. The van der Waals surface area contributed by atoms with Crippen molar-refractivity contribution in [2.45, 2.75) is 10.9 Å². The first-order chi connectivity index (χ1) is 14.4. The molecule has 0 saturated carbocycles. The zero-order chi connectivity index (χ0) is 19.5. The Morgan fingerprint density at radius 2 is 1.69 bits per heavy atom. The molecule has 3 aromatic heterocycles. The van der Waals surface area contributed by atoms with Gasteiger partial charge in [0.1, 0.15) is 6.26 Å². The number of hydrogen-bond donors (Lipinski definition) is 0. The highest BCUT2D eigenvalue weighted by Gasteiger charge is 2.17. The molecule has 5 nitrogen and oxygen atoms in total. The number of oxazole rings is 1. The molecule has 142 valence electrons. The molecule has 0 fully saturated rings. The SMILES string of the molecule is c1ccc(-c2nc(CSc3nnc(-c4cccs4)n3-c3ccccc3)co2)cc1. The molecular weight excluding hydrogens is 400 g/mol. The molecule has 5 aromatic rings. The molecule has 29 heavy (non-hydrogen) atoms. The molecule has 7 heteroatoms. The van der Waals surface area contributed by atoms with Crippen LogP contribution in [0.1, 0.15) is 5.69 Å². The van der Waals surface area contributed by atoms with E-state index in [1.54, 1.807) is 29.4 Å². The number of para-hydroxylation sites is 1. The van der Waals surface area contributed by atoms with E-state index in [2.05, 4.69) is 37.9 Å². The van der Waals surface area contributed by atoms with E-state index in [1.807, 2.05) is 60.0 Å². The van der Waals surface area contributed by atoms with Gasteiger partial charge < -0.3 is 4.42 Å². The number of nitrogens with zero attached hydrogens (tertiary/aromatic N) is 4. The monoisotopic (exact) mass is 416 g/mol. The van der Waals surface area contributed by atoms with Crippen LogP contribution in [0.5, 0.6) is 0 Å². The van der Waals surface area contributed by atoms with Crippen LogP contribution in [-0.2, 0) is 5.75 Å². The molecule has 0 radical (unpaired) electrons. The van der Waals surface area contributed by atoms with Crippen molar-refractivity contribution in [2.75, 3.05) is 0 Å². The summed E-state index contributed by atoms with van der Waals surface area (Å²) in [6.45, 7) is 0. The van der Waals surface area contributed by atoms with Crippen LogP contribution < -0.4 is 0 Å². The lowest BCUT2D eigenvalue weighted by molar-refractivity contribution is 0.573. The molecule has 0 aliphatic rings. The lowest BCUT2D eigenvalue weighted by Gasteiger charge is -2.08. The highest BCUT2D eigenvalue weighted by Crippen LogP contribution is 2.32. The number of rotatable bonds is 6. The topological polar surface area (TPSA) is 56.7 Å². The molecule has 0 atom stereocenters. The van der Waals surface area contributed by atoms with Gasteiger partial charge >= 0.3 is 0 Å². The van der Waals surface area contributed by atoms with Gasteiger partial charge in [-0.2, -0.15) is 0 Å². The van der Waals surface area contributed by atoms with E-state index in [4.69, 9.17) is 4.42 Å². The normalized spacial score (nSPS) is 11.0. The fourth-order valence-electron chi connectivity index (χ4n) is 2.96. The molecule has 0 unspecified atom stereocenters. The summed E-state index contributed by atoms with van der Waals surface area (Å²) in [6, 6.07) is 24.2. The first-order valence-electron chi connectivity index (χ1n) is 9.06. The Bertz CT molecular complexity index is 1200. The summed E-state index contributed by atoms with van der Waals surface area (Å²) in [4.78, 5) is 5.70. The largest absolute Gasteiger partial charge is 0.444 e. The number of aromatic nitrogens is 4. The smallest absolute Gasteiger partial charge is 0.226 e. The maximum absolute atomic E-state index is 5.65. The van der Waals surface area contributed by atoms with Gasteiger partial charge in [-0.25, -0.2) is 4.98 Å². The van der Waals surface area contributed by atoms with Gasteiger partial charge in [-0.1, -0.05) is 54.2 Å². The van der Waals surface area contributed by atoms with Crippen molar-refractivity contribution in [3.05, 3.63) is 90.1 Å². The highest BCUT2D eigenvalue weighted by atomic mass is 32.2. The van der Waals surface area contributed by atoms with E-state index in [0.29, 0.717) is 11.6 Å². The third-order valence-electron chi connectivity index (χ3n) is 4.31. The highest BCUT2D eigenvalue weighted by molar-refractivity contribution is 7.98. The van der Waals surface area contributed by atoms with Crippen molar-refractivity contribution in [3.63, 3.8) is 0 Å². The zero-order valence-electron chi connectivity index (χ0n) is 15.3. The van der Waals surface area contributed by atoms with Gasteiger partial charge in [0.05, 0.1) is 10.6 Å². The van der Waals surface area contributed by atoms with E-state index < -0.39 is 0 Å². The van der Waals surface area contributed by atoms with Gasteiger partial charge in [0.2, 0.25) is 5.89 Å². The fourth-order valence-corrected chi connectivity index (χ4v) is 4.49. The van der Waals surface area contributed by atoms with Gasteiger partial charge in [-0.3, -0.25) is 4.57 Å². The van der Waals surface area contributed by atoms with Crippen LogP contribution in [0.15, 0.2) is 94.0 Å². The van der Waals surface area contributed by atoms with E-state index in [9.17, 15) is 0 Å². The summed E-state index contributed by atoms with van der Waals surface area (Å²) in [6.07, 6.45) is 1.71. The van der Waals surface area contributed by atoms with Gasteiger partial charge in [0.25, 0.3) is 0 Å². The van der Waals surface area contributed by atoms with Crippen molar-refractivity contribution in [1.82, 2.24) is 19.7 Å². The summed E-state index contributed by atoms with van der Waals surface area (Å²) in [5.41, 5.74) is 2.87. The van der Waals surface area contributed by atoms with Gasteiger partial charge in [-0.05, 0) is 35.7 Å². The molecule has 3 heterocycles. The zero-order valence-corrected chi connectivity index (χ0v) is 16.9. The second-order valence-corrected chi connectivity index (χ2v) is 8.14. The Balaban J connectivity index is 1.43. The predicted molar refractivity (Wildman–Crippen MR) is 116 cm³/mol. The number of thioether (sulfide) groups is 1. The molecule has 2 aromatic carbocycles. The van der Waals surface area contributed by atoms with Crippen LogP contribution in [0.2, 0.25) is 0 Å². The summed E-state index contributed by atoms with van der Waals surface area (Å²) in [5, 5.41) is 11.8. The van der Waals surface area contributed by atoms with Crippen molar-refractivity contribution >= 4 is 23.1 Å². The minimum atomic E-state index is 0.630. The summed E-state index contributed by atoms with van der Waals surface area (Å²) >= 11 is 3.25. The van der Waals surface area contributed by atoms with Crippen molar-refractivity contribution in [2.24, 2.45) is 0 Å². The molecule has 0 amide bonds. The minimum absolute atomic E-state index is 0.630. The molecule has 0 spiro atoms. The third-order valence-corrected chi connectivity index (χ3v) is 6.14. The van der Waals surface area contributed by atoms with E-state index in [1.165, 1.54) is 0 Å². The van der Waals surface area contributed by atoms with Crippen molar-refractivity contribution < 1.29 is 4.42 Å².